The molecule has 0 fully saturated rings. The zero-order chi connectivity index (χ0) is 14.0. The van der Waals surface area contributed by atoms with Crippen molar-refractivity contribution >= 4 is 55.7 Å². The van der Waals surface area contributed by atoms with E-state index < -0.39 is 11.9 Å². The van der Waals surface area contributed by atoms with E-state index in [2.05, 4.69) is 21.2 Å². The van der Waals surface area contributed by atoms with Crippen molar-refractivity contribution in [2.24, 2.45) is 0 Å². The fourth-order valence-corrected chi connectivity index (χ4v) is 2.79. The monoisotopic (exact) mass is 359 g/mol. The number of hydrogen-bond acceptors (Lipinski definition) is 3. The highest BCUT2D eigenvalue weighted by molar-refractivity contribution is 9.10. The minimum atomic E-state index is -1.08. The molecule has 4 nitrogen and oxygen atoms in total. The first kappa shape index (κ1) is 14.0. The van der Waals surface area contributed by atoms with Gasteiger partial charge in [-0.05, 0) is 45.6 Å². The molecule has 2 rings (SSSR count). The largest absolute Gasteiger partial charge is 0.478 e. The molecule has 98 valence electrons. The number of aromatic carboxylic acids is 1. The van der Waals surface area contributed by atoms with Crippen LogP contribution in [0.2, 0.25) is 5.02 Å². The first-order valence-corrected chi connectivity index (χ1v) is 7.11. The van der Waals surface area contributed by atoms with Crippen LogP contribution in [0.15, 0.2) is 34.1 Å². The number of rotatable bonds is 3. The second-order valence-electron chi connectivity index (χ2n) is 3.55. The summed E-state index contributed by atoms with van der Waals surface area (Å²) in [5.74, 6) is -1.50. The van der Waals surface area contributed by atoms with E-state index in [-0.39, 0.29) is 5.56 Å². The number of carbonyl (C=O) groups is 2. The molecular weight excluding hydrogens is 354 g/mol. The highest BCUT2D eigenvalue weighted by atomic mass is 79.9. The van der Waals surface area contributed by atoms with Crippen LogP contribution < -0.4 is 5.32 Å². The number of carboxylic acid groups (broad SMARTS) is 1. The number of carboxylic acids is 1. The van der Waals surface area contributed by atoms with Gasteiger partial charge < -0.3 is 10.4 Å². The van der Waals surface area contributed by atoms with Gasteiger partial charge in [-0.3, -0.25) is 4.79 Å². The molecule has 0 bridgehead atoms. The molecule has 7 heteroatoms. The molecule has 0 aliphatic rings. The highest BCUT2D eigenvalue weighted by Crippen LogP contribution is 2.26. The molecule has 0 saturated carbocycles. The summed E-state index contributed by atoms with van der Waals surface area (Å²) in [7, 11) is 0. The van der Waals surface area contributed by atoms with E-state index in [1.165, 1.54) is 12.1 Å². The van der Waals surface area contributed by atoms with Gasteiger partial charge in [0.25, 0.3) is 5.91 Å². The SMILES string of the molecule is O=C(Nc1sccc1C(=O)O)c1cc(Cl)ccc1Br. The van der Waals surface area contributed by atoms with Gasteiger partial charge in [0.2, 0.25) is 0 Å². The Balaban J connectivity index is 2.28. The van der Waals surface area contributed by atoms with Crippen molar-refractivity contribution in [3.8, 4) is 0 Å². The van der Waals surface area contributed by atoms with Crippen LogP contribution >= 0.6 is 38.9 Å². The van der Waals surface area contributed by atoms with Gasteiger partial charge in [0.15, 0.2) is 0 Å². The minimum Gasteiger partial charge on any atom is -0.478 e. The van der Waals surface area contributed by atoms with Gasteiger partial charge in [-0.15, -0.1) is 11.3 Å². The lowest BCUT2D eigenvalue weighted by molar-refractivity contribution is 0.0698. The maximum Gasteiger partial charge on any atom is 0.338 e. The Morgan fingerprint density at radius 1 is 1.26 bits per heavy atom. The average Bonchev–Trinajstić information content (AvgIpc) is 2.80. The fourth-order valence-electron chi connectivity index (χ4n) is 1.42. The predicted molar refractivity (Wildman–Crippen MR) is 78.4 cm³/mol. The standard InChI is InChI=1S/C12H7BrClNO3S/c13-9-2-1-6(14)5-8(9)10(16)15-11-7(12(17)18)3-4-19-11/h1-5H,(H,15,16)(H,17,18). The van der Waals surface area contributed by atoms with Crippen LogP contribution in [0.3, 0.4) is 0 Å². The minimum absolute atomic E-state index is 0.0662. The summed E-state index contributed by atoms with van der Waals surface area (Å²) >= 11 is 10.2. The highest BCUT2D eigenvalue weighted by Gasteiger charge is 2.16. The molecular formula is C12H7BrClNO3S. The molecule has 0 saturated heterocycles. The summed E-state index contributed by atoms with van der Waals surface area (Å²) in [5, 5.41) is 13.9. The smallest absolute Gasteiger partial charge is 0.338 e. The normalized spacial score (nSPS) is 10.2. The fraction of sp³-hybridized carbons (Fsp3) is 0. The van der Waals surface area contributed by atoms with Gasteiger partial charge in [-0.25, -0.2) is 4.79 Å². The van der Waals surface area contributed by atoms with Crippen LogP contribution in [0.4, 0.5) is 5.00 Å². The van der Waals surface area contributed by atoms with E-state index in [9.17, 15) is 9.59 Å². The molecule has 2 N–H and O–H groups in total. The summed E-state index contributed by atoms with van der Waals surface area (Å²) in [4.78, 5) is 23.0. The molecule has 1 aromatic heterocycles. The molecule has 1 aromatic carbocycles. The lowest BCUT2D eigenvalue weighted by Gasteiger charge is -2.06. The van der Waals surface area contributed by atoms with E-state index in [1.54, 1.807) is 17.5 Å². The third kappa shape index (κ3) is 3.15. The Morgan fingerprint density at radius 3 is 2.68 bits per heavy atom. The predicted octanol–water partition coefficient (Wildman–Crippen LogP) is 4.11. The van der Waals surface area contributed by atoms with E-state index in [0.717, 1.165) is 11.3 Å². The van der Waals surface area contributed by atoms with Crippen LogP contribution in [0.1, 0.15) is 20.7 Å². The van der Waals surface area contributed by atoms with Gasteiger partial charge in [0, 0.05) is 9.50 Å². The van der Waals surface area contributed by atoms with Crippen molar-refractivity contribution < 1.29 is 14.7 Å². The molecule has 2 aromatic rings. The number of hydrogen-bond donors (Lipinski definition) is 2. The van der Waals surface area contributed by atoms with Gasteiger partial charge in [0.1, 0.15) is 5.00 Å². The van der Waals surface area contributed by atoms with Crippen molar-refractivity contribution in [1.82, 2.24) is 0 Å². The second-order valence-corrected chi connectivity index (χ2v) is 5.75. The molecule has 0 spiro atoms. The topological polar surface area (TPSA) is 66.4 Å². The zero-order valence-corrected chi connectivity index (χ0v) is 12.5. The molecule has 0 aliphatic heterocycles. The number of halogens is 2. The number of nitrogens with one attached hydrogen (secondary N) is 1. The third-order valence-corrected chi connectivity index (χ3v) is 4.05. The number of benzene rings is 1. The molecule has 1 amide bonds. The van der Waals surface area contributed by atoms with E-state index >= 15 is 0 Å². The summed E-state index contributed by atoms with van der Waals surface area (Å²) < 4.78 is 0.586. The number of carbonyl (C=O) groups excluding carboxylic acids is 1. The zero-order valence-electron chi connectivity index (χ0n) is 9.31. The maximum absolute atomic E-state index is 12.1. The van der Waals surface area contributed by atoms with Crippen LogP contribution in [-0.2, 0) is 0 Å². The molecule has 0 radical (unpaired) electrons. The number of amides is 1. The van der Waals surface area contributed by atoms with Crippen molar-refractivity contribution in [2.45, 2.75) is 0 Å². The number of anilines is 1. The summed E-state index contributed by atoms with van der Waals surface area (Å²) in [6.45, 7) is 0. The van der Waals surface area contributed by atoms with Crippen LogP contribution in [0, 0.1) is 0 Å². The van der Waals surface area contributed by atoms with Crippen molar-refractivity contribution in [1.29, 1.82) is 0 Å². The van der Waals surface area contributed by atoms with Gasteiger partial charge >= 0.3 is 5.97 Å². The van der Waals surface area contributed by atoms with Gasteiger partial charge in [-0.2, -0.15) is 0 Å². The Bertz CT molecular complexity index is 656. The average molecular weight is 361 g/mol. The van der Waals surface area contributed by atoms with Crippen molar-refractivity contribution in [2.75, 3.05) is 5.32 Å². The quantitative estimate of drug-likeness (QED) is 0.865. The van der Waals surface area contributed by atoms with E-state index in [4.69, 9.17) is 16.7 Å². The van der Waals surface area contributed by atoms with Crippen LogP contribution in [0.5, 0.6) is 0 Å². The lowest BCUT2D eigenvalue weighted by atomic mass is 10.2. The van der Waals surface area contributed by atoms with Crippen molar-refractivity contribution in [3.05, 3.63) is 50.3 Å². The first-order chi connectivity index (χ1) is 8.99. The molecule has 0 aliphatic carbocycles. The van der Waals surface area contributed by atoms with E-state index in [0.29, 0.717) is 20.1 Å². The second kappa shape index (κ2) is 5.73. The lowest BCUT2D eigenvalue weighted by Crippen LogP contribution is -2.13. The Kier molecular flexibility index (Phi) is 4.24. The molecule has 0 atom stereocenters. The summed E-state index contributed by atoms with van der Waals surface area (Å²) in [6, 6.07) is 6.25. The third-order valence-electron chi connectivity index (χ3n) is 2.30. The molecule has 1 heterocycles. The van der Waals surface area contributed by atoms with Gasteiger partial charge in [0.05, 0.1) is 11.1 Å². The van der Waals surface area contributed by atoms with Crippen LogP contribution in [-0.4, -0.2) is 17.0 Å². The Hall–Kier alpha value is -1.37. The van der Waals surface area contributed by atoms with Crippen molar-refractivity contribution in [3.63, 3.8) is 0 Å². The molecule has 0 unspecified atom stereocenters. The summed E-state index contributed by atoms with van der Waals surface area (Å²) in [6.07, 6.45) is 0. The first-order valence-electron chi connectivity index (χ1n) is 5.06. The van der Waals surface area contributed by atoms with Crippen LogP contribution in [0.25, 0.3) is 0 Å². The molecule has 19 heavy (non-hydrogen) atoms. The van der Waals surface area contributed by atoms with E-state index in [1.807, 2.05) is 0 Å². The number of thiophene rings is 1. The Morgan fingerprint density at radius 2 is 2.00 bits per heavy atom. The summed E-state index contributed by atoms with van der Waals surface area (Å²) in [5.41, 5.74) is 0.411. The maximum atomic E-state index is 12.1. The Labute approximate surface area is 126 Å². The van der Waals surface area contributed by atoms with Gasteiger partial charge in [-0.1, -0.05) is 11.6 Å².